The standard InChI is InChI=1S/C14H23BrN4O/c1-2-3-7-19-14(20)13(15)12(9-17-19)18-6-4-5-11(8-16)10-18/h9,11H,2-8,10,16H2,1H3. The molecule has 0 radical (unpaired) electrons. The van der Waals surface area contributed by atoms with Crippen LogP contribution in [0.4, 0.5) is 5.69 Å². The first-order valence-corrected chi connectivity index (χ1v) is 8.17. The molecule has 0 bridgehead atoms. The maximum absolute atomic E-state index is 12.3. The van der Waals surface area contributed by atoms with E-state index in [4.69, 9.17) is 5.73 Å². The monoisotopic (exact) mass is 342 g/mol. The zero-order valence-electron chi connectivity index (χ0n) is 12.0. The largest absolute Gasteiger partial charge is 0.369 e. The minimum atomic E-state index is -0.0363. The molecule has 1 fully saturated rings. The summed E-state index contributed by atoms with van der Waals surface area (Å²) in [5, 5.41) is 4.30. The highest BCUT2D eigenvalue weighted by molar-refractivity contribution is 9.10. The molecule has 1 saturated heterocycles. The van der Waals surface area contributed by atoms with Gasteiger partial charge in [0, 0.05) is 19.6 Å². The van der Waals surface area contributed by atoms with E-state index in [2.05, 4.69) is 32.9 Å². The normalized spacial score (nSPS) is 19.4. The number of nitrogens with two attached hydrogens (primary N) is 1. The van der Waals surface area contributed by atoms with Crippen LogP contribution in [0.25, 0.3) is 0 Å². The molecule has 2 rings (SSSR count). The molecule has 0 amide bonds. The van der Waals surface area contributed by atoms with Gasteiger partial charge in [-0.05, 0) is 47.7 Å². The number of unbranched alkanes of at least 4 members (excludes halogenated alkanes) is 1. The van der Waals surface area contributed by atoms with Crippen molar-refractivity contribution in [1.29, 1.82) is 0 Å². The molecule has 0 aromatic carbocycles. The van der Waals surface area contributed by atoms with Gasteiger partial charge in [-0.15, -0.1) is 0 Å². The second-order valence-electron chi connectivity index (χ2n) is 5.42. The van der Waals surface area contributed by atoms with Gasteiger partial charge in [-0.2, -0.15) is 5.10 Å². The van der Waals surface area contributed by atoms with Crippen molar-refractivity contribution < 1.29 is 0 Å². The summed E-state index contributed by atoms with van der Waals surface area (Å²) in [6, 6.07) is 0. The van der Waals surface area contributed by atoms with Crippen LogP contribution < -0.4 is 16.2 Å². The molecule has 20 heavy (non-hydrogen) atoms. The molecule has 0 saturated carbocycles. The molecule has 1 aliphatic heterocycles. The highest BCUT2D eigenvalue weighted by Gasteiger charge is 2.22. The highest BCUT2D eigenvalue weighted by Crippen LogP contribution is 2.26. The molecule has 112 valence electrons. The molecular formula is C14H23BrN4O. The van der Waals surface area contributed by atoms with E-state index in [1.165, 1.54) is 6.42 Å². The van der Waals surface area contributed by atoms with Crippen molar-refractivity contribution >= 4 is 21.6 Å². The van der Waals surface area contributed by atoms with Crippen LogP contribution in [-0.4, -0.2) is 29.4 Å². The molecule has 0 spiro atoms. The number of nitrogens with zero attached hydrogens (tertiary/aromatic N) is 3. The van der Waals surface area contributed by atoms with Gasteiger partial charge < -0.3 is 10.6 Å². The summed E-state index contributed by atoms with van der Waals surface area (Å²) < 4.78 is 2.17. The molecule has 5 nitrogen and oxygen atoms in total. The summed E-state index contributed by atoms with van der Waals surface area (Å²) in [6.45, 7) is 5.37. The zero-order chi connectivity index (χ0) is 14.5. The average molecular weight is 343 g/mol. The smallest absolute Gasteiger partial charge is 0.283 e. The van der Waals surface area contributed by atoms with Crippen molar-refractivity contribution in [1.82, 2.24) is 9.78 Å². The van der Waals surface area contributed by atoms with Crippen LogP contribution in [0.3, 0.4) is 0 Å². The Morgan fingerprint density at radius 1 is 1.55 bits per heavy atom. The number of hydrogen-bond donors (Lipinski definition) is 1. The maximum atomic E-state index is 12.3. The van der Waals surface area contributed by atoms with Crippen LogP contribution in [-0.2, 0) is 6.54 Å². The second-order valence-corrected chi connectivity index (χ2v) is 6.21. The summed E-state index contributed by atoms with van der Waals surface area (Å²) in [4.78, 5) is 14.5. The number of aryl methyl sites for hydroxylation is 1. The fourth-order valence-corrected chi connectivity index (χ4v) is 3.18. The van der Waals surface area contributed by atoms with Crippen molar-refractivity contribution in [2.75, 3.05) is 24.5 Å². The van der Waals surface area contributed by atoms with E-state index >= 15 is 0 Å². The van der Waals surface area contributed by atoms with Crippen LogP contribution in [0.1, 0.15) is 32.6 Å². The highest BCUT2D eigenvalue weighted by atomic mass is 79.9. The molecule has 1 aliphatic rings. The molecule has 0 aliphatic carbocycles. The lowest BCUT2D eigenvalue weighted by Gasteiger charge is -2.34. The first-order chi connectivity index (χ1) is 9.67. The molecule has 1 aromatic rings. The van der Waals surface area contributed by atoms with Gasteiger partial charge in [0.05, 0.1) is 11.9 Å². The summed E-state index contributed by atoms with van der Waals surface area (Å²) in [5.74, 6) is 0.512. The fourth-order valence-electron chi connectivity index (χ4n) is 2.62. The number of rotatable bonds is 5. The Kier molecular flexibility index (Phi) is 5.60. The lowest BCUT2D eigenvalue weighted by atomic mass is 9.98. The first kappa shape index (κ1) is 15.5. The van der Waals surface area contributed by atoms with E-state index in [1.807, 2.05) is 0 Å². The predicted octanol–water partition coefficient (Wildman–Crippen LogP) is 1.98. The minimum absolute atomic E-state index is 0.0363. The van der Waals surface area contributed by atoms with Gasteiger partial charge in [-0.3, -0.25) is 4.79 Å². The van der Waals surface area contributed by atoms with Crippen LogP contribution >= 0.6 is 15.9 Å². The van der Waals surface area contributed by atoms with Crippen LogP contribution in [0.15, 0.2) is 15.5 Å². The molecule has 2 N–H and O–H groups in total. The Morgan fingerprint density at radius 3 is 3.05 bits per heavy atom. The van der Waals surface area contributed by atoms with E-state index < -0.39 is 0 Å². The Balaban J connectivity index is 2.20. The van der Waals surface area contributed by atoms with E-state index in [-0.39, 0.29) is 5.56 Å². The Bertz CT molecular complexity index is 502. The number of halogens is 1. The Morgan fingerprint density at radius 2 is 2.35 bits per heavy atom. The third-order valence-electron chi connectivity index (χ3n) is 3.88. The first-order valence-electron chi connectivity index (χ1n) is 7.38. The maximum Gasteiger partial charge on any atom is 0.283 e. The van der Waals surface area contributed by atoms with Crippen LogP contribution in [0.5, 0.6) is 0 Å². The SMILES string of the molecule is CCCCn1ncc(N2CCCC(CN)C2)c(Br)c1=O. The summed E-state index contributed by atoms with van der Waals surface area (Å²) in [6.07, 6.45) is 6.12. The third kappa shape index (κ3) is 3.41. The van der Waals surface area contributed by atoms with Gasteiger partial charge in [-0.1, -0.05) is 13.3 Å². The quantitative estimate of drug-likeness (QED) is 0.888. The number of anilines is 1. The Labute approximate surface area is 128 Å². The average Bonchev–Trinajstić information content (AvgIpc) is 2.49. The number of aromatic nitrogens is 2. The van der Waals surface area contributed by atoms with Crippen molar-refractivity contribution in [3.8, 4) is 0 Å². The minimum Gasteiger partial charge on any atom is -0.369 e. The zero-order valence-corrected chi connectivity index (χ0v) is 13.6. The van der Waals surface area contributed by atoms with Crippen molar-refractivity contribution in [2.24, 2.45) is 11.7 Å². The van der Waals surface area contributed by atoms with Gasteiger partial charge in [0.15, 0.2) is 0 Å². The summed E-state index contributed by atoms with van der Waals surface area (Å²) >= 11 is 3.45. The summed E-state index contributed by atoms with van der Waals surface area (Å²) in [5.41, 5.74) is 6.64. The second kappa shape index (κ2) is 7.22. The molecule has 1 aromatic heterocycles. The molecule has 6 heteroatoms. The van der Waals surface area contributed by atoms with Crippen molar-refractivity contribution in [3.05, 3.63) is 21.0 Å². The van der Waals surface area contributed by atoms with Gasteiger partial charge in [0.1, 0.15) is 4.47 Å². The molecule has 2 heterocycles. The molecule has 1 unspecified atom stereocenters. The van der Waals surface area contributed by atoms with E-state index in [9.17, 15) is 4.79 Å². The molecule has 1 atom stereocenters. The summed E-state index contributed by atoms with van der Waals surface area (Å²) in [7, 11) is 0. The lowest BCUT2D eigenvalue weighted by Crippen LogP contribution is -2.39. The Hall–Kier alpha value is -0.880. The molecular weight excluding hydrogens is 320 g/mol. The number of hydrogen-bond acceptors (Lipinski definition) is 4. The van der Waals surface area contributed by atoms with Gasteiger partial charge in [-0.25, -0.2) is 4.68 Å². The third-order valence-corrected chi connectivity index (χ3v) is 4.63. The number of piperidine rings is 1. The van der Waals surface area contributed by atoms with Gasteiger partial charge >= 0.3 is 0 Å². The van der Waals surface area contributed by atoms with E-state index in [0.29, 0.717) is 23.5 Å². The van der Waals surface area contributed by atoms with Gasteiger partial charge in [0.2, 0.25) is 0 Å². The van der Waals surface area contributed by atoms with Gasteiger partial charge in [0.25, 0.3) is 5.56 Å². The van der Waals surface area contributed by atoms with E-state index in [0.717, 1.165) is 38.0 Å². The van der Waals surface area contributed by atoms with Crippen LogP contribution in [0, 0.1) is 5.92 Å². The topological polar surface area (TPSA) is 64.2 Å². The lowest BCUT2D eigenvalue weighted by molar-refractivity contribution is 0.422. The van der Waals surface area contributed by atoms with Crippen molar-refractivity contribution in [2.45, 2.75) is 39.2 Å². The van der Waals surface area contributed by atoms with Crippen molar-refractivity contribution in [3.63, 3.8) is 0 Å². The van der Waals surface area contributed by atoms with Crippen LogP contribution in [0.2, 0.25) is 0 Å². The predicted molar refractivity (Wildman–Crippen MR) is 85.1 cm³/mol. The fraction of sp³-hybridized carbons (Fsp3) is 0.714. The van der Waals surface area contributed by atoms with E-state index in [1.54, 1.807) is 10.9 Å².